The Morgan fingerprint density at radius 3 is 2.87 bits per heavy atom. The van der Waals surface area contributed by atoms with Crippen LogP contribution in [0.4, 0.5) is 0 Å². The van der Waals surface area contributed by atoms with E-state index >= 15 is 0 Å². The van der Waals surface area contributed by atoms with E-state index in [-0.39, 0.29) is 6.29 Å². The molecule has 2 aromatic rings. The fourth-order valence-electron chi connectivity index (χ4n) is 3.01. The Morgan fingerprint density at radius 1 is 1.00 bits per heavy atom. The van der Waals surface area contributed by atoms with Crippen molar-refractivity contribution in [2.75, 3.05) is 13.2 Å². The molecule has 2 aliphatic heterocycles. The van der Waals surface area contributed by atoms with E-state index in [1.165, 1.54) is 12.0 Å². The lowest BCUT2D eigenvalue weighted by molar-refractivity contribution is -0.105. The van der Waals surface area contributed by atoms with E-state index in [0.717, 1.165) is 42.1 Å². The van der Waals surface area contributed by atoms with Gasteiger partial charge >= 0.3 is 0 Å². The van der Waals surface area contributed by atoms with E-state index in [4.69, 9.17) is 14.2 Å². The maximum Gasteiger partial charge on any atom is 0.199 e. The van der Waals surface area contributed by atoms with Crippen molar-refractivity contribution >= 4 is 11.6 Å². The van der Waals surface area contributed by atoms with E-state index in [1.807, 2.05) is 30.3 Å². The van der Waals surface area contributed by atoms with Crippen molar-refractivity contribution in [2.24, 2.45) is 0 Å². The second-order valence-corrected chi connectivity index (χ2v) is 5.94. The summed E-state index contributed by atoms with van der Waals surface area (Å²) in [5.41, 5.74) is 3.42. The predicted molar refractivity (Wildman–Crippen MR) is 90.5 cm³/mol. The molecule has 0 radical (unpaired) electrons. The normalized spacial score (nSPS) is 20.2. The number of benzene rings is 2. The second-order valence-electron chi connectivity index (χ2n) is 5.94. The van der Waals surface area contributed by atoms with Gasteiger partial charge in [-0.2, -0.15) is 0 Å². The lowest BCUT2D eigenvalue weighted by atomic mass is 10.0. The summed E-state index contributed by atoms with van der Waals surface area (Å²) in [6.45, 7) is 1.38. The average Bonchev–Trinajstić information content (AvgIpc) is 2.62. The zero-order chi connectivity index (χ0) is 15.5. The summed E-state index contributed by atoms with van der Waals surface area (Å²) in [5.74, 6) is 1.80. The van der Waals surface area contributed by atoms with Crippen LogP contribution in [-0.2, 0) is 4.74 Å². The predicted octanol–water partition coefficient (Wildman–Crippen LogP) is 4.53. The highest BCUT2D eigenvalue weighted by atomic mass is 16.7. The van der Waals surface area contributed by atoms with Crippen LogP contribution in [0.2, 0.25) is 0 Å². The number of para-hydroxylation sites is 1. The highest BCUT2D eigenvalue weighted by molar-refractivity contribution is 5.85. The number of hydrogen-bond donors (Lipinski definition) is 0. The summed E-state index contributed by atoms with van der Waals surface area (Å²) < 4.78 is 17.5. The molecule has 0 aromatic heterocycles. The topological polar surface area (TPSA) is 27.7 Å². The molecule has 118 valence electrons. The summed E-state index contributed by atoms with van der Waals surface area (Å²) in [4.78, 5) is 0. The molecule has 4 rings (SSSR count). The van der Waals surface area contributed by atoms with Crippen LogP contribution in [0.25, 0.3) is 11.6 Å². The third kappa shape index (κ3) is 3.25. The molecule has 0 amide bonds. The first kappa shape index (κ1) is 14.3. The van der Waals surface area contributed by atoms with Crippen molar-refractivity contribution < 1.29 is 14.2 Å². The number of hydrogen-bond acceptors (Lipinski definition) is 3. The molecule has 0 bridgehead atoms. The summed E-state index contributed by atoms with van der Waals surface area (Å²) >= 11 is 0. The van der Waals surface area contributed by atoms with Crippen LogP contribution in [0.15, 0.2) is 48.5 Å². The first-order valence-electron chi connectivity index (χ1n) is 8.19. The molecule has 1 atom stereocenters. The standard InChI is InChI=1S/C20H20O3/c1-2-9-19-16(6-1)12-17(14-22-19)15-7-5-8-18(13-15)23-20-10-3-4-11-21-20/h1-2,5-9,12-13,20H,3-4,10-11,14H2. The third-order valence-corrected chi connectivity index (χ3v) is 4.24. The van der Waals surface area contributed by atoms with Gasteiger partial charge in [-0.05, 0) is 48.3 Å². The highest BCUT2D eigenvalue weighted by Crippen LogP contribution is 2.31. The molecule has 3 heteroatoms. The molecule has 23 heavy (non-hydrogen) atoms. The van der Waals surface area contributed by atoms with E-state index in [0.29, 0.717) is 6.61 Å². The van der Waals surface area contributed by atoms with E-state index in [9.17, 15) is 0 Å². The van der Waals surface area contributed by atoms with Gasteiger partial charge in [-0.25, -0.2) is 0 Å². The number of ether oxygens (including phenoxy) is 3. The molecule has 1 fully saturated rings. The van der Waals surface area contributed by atoms with Crippen LogP contribution in [0.5, 0.6) is 11.5 Å². The quantitative estimate of drug-likeness (QED) is 0.834. The molecule has 2 heterocycles. The van der Waals surface area contributed by atoms with E-state index < -0.39 is 0 Å². The Labute approximate surface area is 136 Å². The van der Waals surface area contributed by atoms with Crippen molar-refractivity contribution in [2.45, 2.75) is 25.6 Å². The lowest BCUT2D eigenvalue weighted by Gasteiger charge is -2.24. The van der Waals surface area contributed by atoms with Crippen LogP contribution in [0.3, 0.4) is 0 Å². The third-order valence-electron chi connectivity index (χ3n) is 4.24. The highest BCUT2D eigenvalue weighted by Gasteiger charge is 2.16. The summed E-state index contributed by atoms with van der Waals surface area (Å²) in [6, 6.07) is 16.3. The zero-order valence-corrected chi connectivity index (χ0v) is 13.0. The maximum absolute atomic E-state index is 5.97. The van der Waals surface area contributed by atoms with Gasteiger partial charge in [0.2, 0.25) is 0 Å². The van der Waals surface area contributed by atoms with E-state index in [2.05, 4.69) is 24.3 Å². The Kier molecular flexibility index (Phi) is 4.03. The zero-order valence-electron chi connectivity index (χ0n) is 13.0. The molecule has 2 aromatic carbocycles. The van der Waals surface area contributed by atoms with Gasteiger partial charge in [0.15, 0.2) is 6.29 Å². The van der Waals surface area contributed by atoms with Crippen molar-refractivity contribution in [3.63, 3.8) is 0 Å². The minimum absolute atomic E-state index is 0.115. The summed E-state index contributed by atoms with van der Waals surface area (Å²) in [7, 11) is 0. The summed E-state index contributed by atoms with van der Waals surface area (Å²) in [5, 5.41) is 0. The van der Waals surface area contributed by atoms with Gasteiger partial charge in [0, 0.05) is 12.0 Å². The van der Waals surface area contributed by atoms with Gasteiger partial charge in [0.1, 0.15) is 18.1 Å². The molecule has 0 saturated carbocycles. The Morgan fingerprint density at radius 2 is 1.96 bits per heavy atom. The van der Waals surface area contributed by atoms with Gasteiger partial charge in [0.05, 0.1) is 6.61 Å². The summed E-state index contributed by atoms with van der Waals surface area (Å²) in [6.07, 6.45) is 5.33. The Bertz CT molecular complexity index is 714. The van der Waals surface area contributed by atoms with Crippen molar-refractivity contribution in [1.29, 1.82) is 0 Å². The van der Waals surface area contributed by atoms with E-state index in [1.54, 1.807) is 0 Å². The molecular weight excluding hydrogens is 288 g/mol. The smallest absolute Gasteiger partial charge is 0.199 e. The molecule has 2 aliphatic rings. The fourth-order valence-corrected chi connectivity index (χ4v) is 3.01. The van der Waals surface area contributed by atoms with Crippen LogP contribution < -0.4 is 9.47 Å². The Hall–Kier alpha value is -2.26. The largest absolute Gasteiger partial charge is 0.488 e. The van der Waals surface area contributed by atoms with Gasteiger partial charge < -0.3 is 14.2 Å². The Balaban J connectivity index is 1.55. The monoisotopic (exact) mass is 308 g/mol. The second kappa shape index (κ2) is 6.47. The molecule has 0 aliphatic carbocycles. The molecule has 3 nitrogen and oxygen atoms in total. The number of rotatable bonds is 3. The van der Waals surface area contributed by atoms with Crippen molar-refractivity contribution in [3.05, 3.63) is 59.7 Å². The minimum atomic E-state index is -0.115. The van der Waals surface area contributed by atoms with Crippen LogP contribution in [-0.4, -0.2) is 19.5 Å². The van der Waals surface area contributed by atoms with Gasteiger partial charge in [-0.3, -0.25) is 0 Å². The maximum atomic E-state index is 5.97. The van der Waals surface area contributed by atoms with Crippen LogP contribution in [0, 0.1) is 0 Å². The van der Waals surface area contributed by atoms with Gasteiger partial charge in [-0.15, -0.1) is 0 Å². The van der Waals surface area contributed by atoms with Crippen LogP contribution in [0.1, 0.15) is 30.4 Å². The SMILES string of the molecule is C1=C(c2cccc(OC3CCCCO3)c2)COc2ccccc21. The molecular formula is C20H20O3. The minimum Gasteiger partial charge on any atom is -0.488 e. The lowest BCUT2D eigenvalue weighted by Crippen LogP contribution is -2.25. The van der Waals surface area contributed by atoms with Crippen LogP contribution >= 0.6 is 0 Å². The number of fused-ring (bicyclic) bond motifs is 1. The fraction of sp³-hybridized carbons (Fsp3) is 0.300. The van der Waals surface area contributed by atoms with Crippen molar-refractivity contribution in [1.82, 2.24) is 0 Å². The van der Waals surface area contributed by atoms with Gasteiger partial charge in [-0.1, -0.05) is 30.3 Å². The first-order valence-corrected chi connectivity index (χ1v) is 8.19. The average molecular weight is 308 g/mol. The van der Waals surface area contributed by atoms with Crippen molar-refractivity contribution in [3.8, 4) is 11.5 Å². The molecule has 0 N–H and O–H groups in total. The van der Waals surface area contributed by atoms with Gasteiger partial charge in [0.25, 0.3) is 0 Å². The molecule has 0 spiro atoms. The molecule has 1 saturated heterocycles. The molecule has 1 unspecified atom stereocenters. The first-order chi connectivity index (χ1) is 11.4.